The highest BCUT2D eigenvalue weighted by molar-refractivity contribution is 5.79. The maximum Gasteiger partial charge on any atom is 0.324 e. The average molecular weight is 390 g/mol. The minimum Gasteiger partial charge on any atom is -0.352 e. The highest BCUT2D eigenvalue weighted by atomic mass is 16.5. The third-order valence-electron chi connectivity index (χ3n) is 5.52. The van der Waals surface area contributed by atoms with Gasteiger partial charge in [-0.2, -0.15) is 4.98 Å². The molecule has 1 aliphatic heterocycles. The largest absolute Gasteiger partial charge is 0.352 e. The van der Waals surface area contributed by atoms with E-state index in [1.165, 1.54) is 5.56 Å². The number of benzene rings is 2. The number of nitrogens with zero attached hydrogens (tertiary/aromatic N) is 3. The molecule has 2 heterocycles. The summed E-state index contributed by atoms with van der Waals surface area (Å²) in [5, 5.41) is 7.20. The second-order valence-corrected chi connectivity index (χ2v) is 7.68. The van der Waals surface area contributed by atoms with E-state index in [0.29, 0.717) is 18.4 Å². The zero-order chi connectivity index (χ0) is 20.2. The van der Waals surface area contributed by atoms with Crippen molar-refractivity contribution < 1.29 is 9.32 Å². The van der Waals surface area contributed by atoms with E-state index >= 15 is 0 Å². The number of carbonyl (C=O) groups is 1. The lowest BCUT2D eigenvalue weighted by atomic mass is 9.96. The molecule has 1 aliphatic rings. The number of hydrogen-bond acceptors (Lipinski definition) is 5. The second kappa shape index (κ2) is 8.47. The van der Waals surface area contributed by atoms with Gasteiger partial charge in [0.1, 0.15) is 0 Å². The summed E-state index contributed by atoms with van der Waals surface area (Å²) in [6.07, 6.45) is 1.56. The fraction of sp³-hybridized carbons (Fsp3) is 0.348. The predicted octanol–water partition coefficient (Wildman–Crippen LogP) is 3.89. The van der Waals surface area contributed by atoms with Gasteiger partial charge in [-0.25, -0.2) is 0 Å². The molecule has 29 heavy (non-hydrogen) atoms. The highest BCUT2D eigenvalue weighted by Gasteiger charge is 2.27. The number of aryl methyl sites for hydroxylation is 2. The third-order valence-corrected chi connectivity index (χ3v) is 5.52. The third kappa shape index (κ3) is 4.47. The maximum atomic E-state index is 12.5. The molecule has 1 aromatic heterocycles. The van der Waals surface area contributed by atoms with Crippen LogP contribution in [-0.4, -0.2) is 29.1 Å². The fourth-order valence-electron chi connectivity index (χ4n) is 3.65. The molecule has 1 fully saturated rings. The van der Waals surface area contributed by atoms with E-state index in [1.54, 1.807) is 0 Å². The molecule has 0 spiro atoms. The van der Waals surface area contributed by atoms with Crippen LogP contribution in [0.4, 0.5) is 6.01 Å². The first-order valence-electron chi connectivity index (χ1n) is 10.1. The smallest absolute Gasteiger partial charge is 0.324 e. The predicted molar refractivity (Wildman–Crippen MR) is 112 cm³/mol. The minimum atomic E-state index is 0.0236. The molecule has 4 rings (SSSR count). The molecule has 1 saturated heterocycles. The zero-order valence-corrected chi connectivity index (χ0v) is 16.9. The van der Waals surface area contributed by atoms with Crippen molar-refractivity contribution in [2.75, 3.05) is 18.0 Å². The minimum absolute atomic E-state index is 0.0236. The van der Waals surface area contributed by atoms with Crippen molar-refractivity contribution in [3.8, 4) is 11.4 Å². The molecular formula is C23H26N4O2. The van der Waals surface area contributed by atoms with E-state index in [-0.39, 0.29) is 11.8 Å². The van der Waals surface area contributed by atoms with Crippen LogP contribution in [0, 0.1) is 19.8 Å². The van der Waals surface area contributed by atoms with Crippen molar-refractivity contribution in [3.63, 3.8) is 0 Å². The fourth-order valence-corrected chi connectivity index (χ4v) is 3.65. The van der Waals surface area contributed by atoms with Crippen LogP contribution in [0.15, 0.2) is 53.1 Å². The molecule has 6 heteroatoms. The molecule has 0 unspecified atom stereocenters. The molecule has 1 N–H and O–H groups in total. The molecule has 0 bridgehead atoms. The van der Waals surface area contributed by atoms with E-state index in [2.05, 4.69) is 51.5 Å². The first-order valence-corrected chi connectivity index (χ1v) is 10.1. The van der Waals surface area contributed by atoms with Crippen LogP contribution in [0.1, 0.15) is 29.5 Å². The van der Waals surface area contributed by atoms with Gasteiger partial charge in [0.15, 0.2) is 0 Å². The molecule has 0 saturated carbocycles. The normalized spacial score (nSPS) is 14.8. The van der Waals surface area contributed by atoms with Gasteiger partial charge in [-0.3, -0.25) is 4.79 Å². The molecule has 0 radical (unpaired) electrons. The van der Waals surface area contributed by atoms with Gasteiger partial charge in [0.25, 0.3) is 0 Å². The molecule has 0 aliphatic carbocycles. The van der Waals surface area contributed by atoms with Gasteiger partial charge in [0.2, 0.25) is 11.7 Å². The lowest BCUT2D eigenvalue weighted by molar-refractivity contribution is -0.125. The summed E-state index contributed by atoms with van der Waals surface area (Å²) in [5.41, 5.74) is 4.44. The van der Waals surface area contributed by atoms with Gasteiger partial charge in [-0.05, 0) is 37.8 Å². The van der Waals surface area contributed by atoms with E-state index < -0.39 is 0 Å². The van der Waals surface area contributed by atoms with Gasteiger partial charge >= 0.3 is 6.01 Å². The summed E-state index contributed by atoms with van der Waals surface area (Å²) in [4.78, 5) is 19.2. The van der Waals surface area contributed by atoms with Crippen LogP contribution in [-0.2, 0) is 11.3 Å². The maximum absolute atomic E-state index is 12.5. The molecular weight excluding hydrogens is 364 g/mol. The second-order valence-electron chi connectivity index (χ2n) is 7.68. The lowest BCUT2D eigenvalue weighted by Gasteiger charge is -2.29. The number of anilines is 1. The number of carbonyl (C=O) groups excluding carboxylic acids is 1. The van der Waals surface area contributed by atoms with E-state index in [9.17, 15) is 4.79 Å². The van der Waals surface area contributed by atoms with E-state index in [4.69, 9.17) is 4.52 Å². The van der Waals surface area contributed by atoms with Crippen molar-refractivity contribution >= 4 is 11.9 Å². The Hall–Kier alpha value is -3.15. The highest BCUT2D eigenvalue weighted by Crippen LogP contribution is 2.26. The summed E-state index contributed by atoms with van der Waals surface area (Å²) >= 11 is 0. The van der Waals surface area contributed by atoms with Crippen molar-refractivity contribution in [3.05, 3.63) is 65.2 Å². The number of rotatable bonds is 5. The summed E-state index contributed by atoms with van der Waals surface area (Å²) in [7, 11) is 0. The number of amides is 1. The number of hydrogen-bond donors (Lipinski definition) is 1. The summed E-state index contributed by atoms with van der Waals surface area (Å²) < 4.78 is 5.49. The number of nitrogens with one attached hydrogen (secondary N) is 1. The number of aromatic nitrogens is 2. The van der Waals surface area contributed by atoms with Gasteiger partial charge in [0.05, 0.1) is 0 Å². The average Bonchev–Trinajstić information content (AvgIpc) is 3.23. The van der Waals surface area contributed by atoms with Crippen LogP contribution < -0.4 is 10.2 Å². The van der Waals surface area contributed by atoms with E-state index in [1.807, 2.05) is 31.2 Å². The van der Waals surface area contributed by atoms with Crippen molar-refractivity contribution in [2.24, 2.45) is 5.92 Å². The van der Waals surface area contributed by atoms with Gasteiger partial charge in [-0.15, -0.1) is 0 Å². The Morgan fingerprint density at radius 3 is 2.55 bits per heavy atom. The monoisotopic (exact) mass is 390 g/mol. The Kier molecular flexibility index (Phi) is 5.60. The summed E-state index contributed by atoms with van der Waals surface area (Å²) in [5.74, 6) is 0.753. The first-order chi connectivity index (χ1) is 14.1. The van der Waals surface area contributed by atoms with Crippen molar-refractivity contribution in [1.29, 1.82) is 0 Å². The topological polar surface area (TPSA) is 71.3 Å². The van der Waals surface area contributed by atoms with E-state index in [0.717, 1.165) is 42.6 Å². The zero-order valence-electron chi connectivity index (χ0n) is 16.9. The van der Waals surface area contributed by atoms with Crippen LogP contribution in [0.5, 0.6) is 0 Å². The van der Waals surface area contributed by atoms with Crippen LogP contribution in [0.25, 0.3) is 11.4 Å². The Morgan fingerprint density at radius 1 is 1.10 bits per heavy atom. The molecule has 150 valence electrons. The summed E-state index contributed by atoms with van der Waals surface area (Å²) in [6, 6.07) is 16.8. The van der Waals surface area contributed by atoms with Gasteiger partial charge in [0, 0.05) is 31.1 Å². The van der Waals surface area contributed by atoms with Crippen molar-refractivity contribution in [1.82, 2.24) is 15.5 Å². The van der Waals surface area contributed by atoms with Crippen LogP contribution in [0.3, 0.4) is 0 Å². The Morgan fingerprint density at radius 2 is 1.83 bits per heavy atom. The first kappa shape index (κ1) is 19.2. The molecule has 2 aromatic carbocycles. The summed E-state index contributed by atoms with van der Waals surface area (Å²) in [6.45, 7) is 6.13. The van der Waals surface area contributed by atoms with Gasteiger partial charge < -0.3 is 14.7 Å². The molecule has 1 amide bonds. The molecule has 6 nitrogen and oxygen atoms in total. The van der Waals surface area contributed by atoms with Crippen LogP contribution >= 0.6 is 0 Å². The lowest BCUT2D eigenvalue weighted by Crippen LogP contribution is -2.40. The van der Waals surface area contributed by atoms with Crippen molar-refractivity contribution in [2.45, 2.75) is 33.2 Å². The van der Waals surface area contributed by atoms with Gasteiger partial charge in [-0.1, -0.05) is 59.3 Å². The Bertz CT molecular complexity index is 973. The molecule has 3 aromatic rings. The SMILES string of the molecule is Cc1ccc(CNC(=O)C2CCN(c3nc(-c4ccccc4C)no3)CC2)cc1. The quantitative estimate of drug-likeness (QED) is 0.716. The number of piperidine rings is 1. The van der Waals surface area contributed by atoms with Crippen LogP contribution in [0.2, 0.25) is 0 Å². The standard InChI is InChI=1S/C23H26N4O2/c1-16-7-9-18(10-8-16)15-24-22(28)19-11-13-27(14-12-19)23-25-21(26-29-23)20-6-4-3-5-17(20)2/h3-10,19H,11-15H2,1-2H3,(H,24,28). The molecule has 0 atom stereocenters. The Labute approximate surface area is 170 Å². The Balaban J connectivity index is 1.31.